The number of alkyl halides is 2. The summed E-state index contributed by atoms with van der Waals surface area (Å²) in [5.74, 6) is 1.21. The van der Waals surface area contributed by atoms with Crippen LogP contribution in [0.5, 0.6) is 11.5 Å². The lowest BCUT2D eigenvalue weighted by molar-refractivity contribution is -0.116. The van der Waals surface area contributed by atoms with Crippen LogP contribution in [0.3, 0.4) is 0 Å². The van der Waals surface area contributed by atoms with E-state index >= 15 is 0 Å². The van der Waals surface area contributed by atoms with E-state index in [9.17, 15) is 13.6 Å². The molecule has 1 aliphatic rings. The number of anilines is 1. The number of nitrogens with zero attached hydrogens (tertiary/aromatic N) is 1. The van der Waals surface area contributed by atoms with E-state index in [1.807, 2.05) is 38.1 Å². The first-order valence-electron chi connectivity index (χ1n) is 10.4. The van der Waals surface area contributed by atoms with Gasteiger partial charge in [-0.15, -0.1) is 0 Å². The maximum atomic E-state index is 13.6. The van der Waals surface area contributed by atoms with E-state index in [4.69, 9.17) is 9.47 Å². The number of aromatic nitrogens is 2. The molecule has 0 aliphatic carbocycles. The van der Waals surface area contributed by atoms with Crippen LogP contribution in [-0.2, 0) is 11.4 Å². The Balaban J connectivity index is 1.57. The molecule has 0 saturated carbocycles. The van der Waals surface area contributed by atoms with Gasteiger partial charge >= 0.3 is 0 Å². The number of rotatable bonds is 7. The average Bonchev–Trinajstić information content (AvgIpc) is 3.25. The number of nitrogens with one attached hydrogen (secondary N) is 2. The normalized spacial score (nSPS) is 15.6. The van der Waals surface area contributed by atoms with Crippen molar-refractivity contribution in [2.24, 2.45) is 0 Å². The molecular weight excluding hydrogens is 416 g/mol. The molecule has 0 bridgehead atoms. The lowest BCUT2D eigenvalue weighted by atomic mass is 9.87. The van der Waals surface area contributed by atoms with Crippen molar-refractivity contribution >= 4 is 11.7 Å². The Bertz CT molecular complexity index is 1130. The van der Waals surface area contributed by atoms with Crippen molar-refractivity contribution < 1.29 is 23.0 Å². The second kappa shape index (κ2) is 8.98. The van der Waals surface area contributed by atoms with Gasteiger partial charge in [0, 0.05) is 23.5 Å². The van der Waals surface area contributed by atoms with Crippen LogP contribution in [-0.4, -0.2) is 23.2 Å². The summed E-state index contributed by atoms with van der Waals surface area (Å²) in [5, 5.41) is 9.59. The Morgan fingerprint density at radius 3 is 2.69 bits per heavy atom. The van der Waals surface area contributed by atoms with Crippen molar-refractivity contribution in [3.8, 4) is 11.5 Å². The lowest BCUT2D eigenvalue weighted by Crippen LogP contribution is -2.23. The van der Waals surface area contributed by atoms with E-state index in [1.54, 1.807) is 19.4 Å². The average molecular weight is 441 g/mol. The number of methoxy groups -OCH3 is 1. The van der Waals surface area contributed by atoms with E-state index in [0.29, 0.717) is 18.0 Å². The van der Waals surface area contributed by atoms with Gasteiger partial charge in [-0.2, -0.15) is 5.10 Å². The summed E-state index contributed by atoms with van der Waals surface area (Å²) in [5.41, 5.74) is 3.24. The molecule has 4 rings (SSSR count). The van der Waals surface area contributed by atoms with Gasteiger partial charge in [-0.25, -0.2) is 8.78 Å². The van der Waals surface area contributed by atoms with Crippen molar-refractivity contribution in [2.75, 3.05) is 12.4 Å². The number of hydrogen-bond acceptors (Lipinski definition) is 4. The Hall–Kier alpha value is -3.42. The van der Waals surface area contributed by atoms with Crippen LogP contribution in [0.4, 0.5) is 14.6 Å². The second-order valence-electron chi connectivity index (χ2n) is 8.12. The number of benzene rings is 2. The minimum absolute atomic E-state index is 0.0757. The summed E-state index contributed by atoms with van der Waals surface area (Å²) in [6.45, 7) is 3.99. The Morgan fingerprint density at radius 1 is 1.16 bits per heavy atom. The SMILES string of the molecule is COc1cc(C2CC(=O)Nc3[nH]ncc32)ccc1COc1ccc(C(C)C)cc1C(F)F. The molecular formula is C24H25F2N3O3. The molecule has 1 atom stereocenters. The quantitative estimate of drug-likeness (QED) is 0.505. The molecule has 2 N–H and O–H groups in total. The molecule has 32 heavy (non-hydrogen) atoms. The first-order valence-corrected chi connectivity index (χ1v) is 10.4. The predicted octanol–water partition coefficient (Wildman–Crippen LogP) is 5.53. The summed E-state index contributed by atoms with van der Waals surface area (Å²) in [4.78, 5) is 12.1. The summed E-state index contributed by atoms with van der Waals surface area (Å²) < 4.78 is 38.5. The smallest absolute Gasteiger partial charge is 0.267 e. The maximum Gasteiger partial charge on any atom is 0.267 e. The van der Waals surface area contributed by atoms with Crippen LogP contribution in [0.2, 0.25) is 0 Å². The largest absolute Gasteiger partial charge is 0.496 e. The fraction of sp³-hybridized carbons (Fsp3) is 0.333. The third-order valence-corrected chi connectivity index (χ3v) is 5.73. The van der Waals surface area contributed by atoms with Crippen LogP contribution in [0.1, 0.15) is 66.3 Å². The Morgan fingerprint density at radius 2 is 1.97 bits per heavy atom. The van der Waals surface area contributed by atoms with Gasteiger partial charge in [0.25, 0.3) is 6.43 Å². The van der Waals surface area contributed by atoms with Crippen LogP contribution in [0, 0.1) is 0 Å². The van der Waals surface area contributed by atoms with Gasteiger partial charge < -0.3 is 14.8 Å². The van der Waals surface area contributed by atoms with Gasteiger partial charge in [-0.1, -0.05) is 32.0 Å². The molecule has 6 nitrogen and oxygen atoms in total. The third kappa shape index (κ3) is 4.30. The van der Waals surface area contributed by atoms with Crippen LogP contribution in [0.25, 0.3) is 0 Å². The topological polar surface area (TPSA) is 76.2 Å². The first-order chi connectivity index (χ1) is 15.4. The molecule has 2 aromatic carbocycles. The van der Waals surface area contributed by atoms with E-state index in [-0.39, 0.29) is 35.7 Å². The van der Waals surface area contributed by atoms with Crippen molar-refractivity contribution in [1.29, 1.82) is 0 Å². The van der Waals surface area contributed by atoms with Gasteiger partial charge in [-0.05, 0) is 35.2 Å². The molecule has 1 amide bonds. The zero-order chi connectivity index (χ0) is 22.8. The zero-order valence-corrected chi connectivity index (χ0v) is 18.1. The number of amides is 1. The molecule has 0 radical (unpaired) electrons. The van der Waals surface area contributed by atoms with E-state index in [1.165, 1.54) is 6.07 Å². The van der Waals surface area contributed by atoms with Crippen molar-refractivity contribution in [1.82, 2.24) is 10.2 Å². The van der Waals surface area contributed by atoms with Crippen molar-refractivity contribution in [3.63, 3.8) is 0 Å². The Labute approximate surface area is 184 Å². The summed E-state index contributed by atoms with van der Waals surface area (Å²) in [6, 6.07) is 10.5. The van der Waals surface area contributed by atoms with Crippen molar-refractivity contribution in [2.45, 2.75) is 45.1 Å². The maximum absolute atomic E-state index is 13.6. The number of carbonyl (C=O) groups excluding carboxylic acids is 1. The minimum atomic E-state index is -2.63. The number of halogens is 2. The second-order valence-corrected chi connectivity index (χ2v) is 8.12. The number of carbonyl (C=O) groups is 1. The molecule has 8 heteroatoms. The standard InChI is InChI=1S/C24H25F2N3O3/c1-13(2)14-6-7-20(18(8-14)23(25)26)32-12-16-5-4-15(9-21(16)31-3)17-10-22(30)28-24-19(17)11-27-29-24/h4-9,11,13,17,23H,10,12H2,1-3H3,(H2,27,28,29,30). The fourth-order valence-corrected chi connectivity index (χ4v) is 3.92. The lowest BCUT2D eigenvalue weighted by Gasteiger charge is -2.23. The predicted molar refractivity (Wildman–Crippen MR) is 116 cm³/mol. The summed E-state index contributed by atoms with van der Waals surface area (Å²) in [7, 11) is 1.54. The molecule has 0 saturated heterocycles. The monoisotopic (exact) mass is 441 g/mol. The first kappa shape index (κ1) is 21.8. The highest BCUT2D eigenvalue weighted by Gasteiger charge is 2.28. The summed E-state index contributed by atoms with van der Waals surface area (Å²) in [6.07, 6.45) is -0.629. The zero-order valence-electron chi connectivity index (χ0n) is 18.1. The van der Waals surface area contributed by atoms with Crippen molar-refractivity contribution in [3.05, 3.63) is 70.4 Å². The molecule has 1 aliphatic heterocycles. The van der Waals surface area contributed by atoms with Gasteiger partial charge in [0.1, 0.15) is 23.9 Å². The molecule has 0 spiro atoms. The van der Waals surface area contributed by atoms with Crippen LogP contribution >= 0.6 is 0 Å². The molecule has 2 heterocycles. The highest BCUT2D eigenvalue weighted by atomic mass is 19.3. The molecule has 3 aromatic rings. The highest BCUT2D eigenvalue weighted by Crippen LogP contribution is 2.38. The van der Waals surface area contributed by atoms with Gasteiger partial charge in [-0.3, -0.25) is 9.89 Å². The third-order valence-electron chi connectivity index (χ3n) is 5.73. The van der Waals surface area contributed by atoms with Gasteiger partial charge in [0.05, 0.1) is 18.9 Å². The highest BCUT2D eigenvalue weighted by molar-refractivity contribution is 5.94. The molecule has 1 unspecified atom stereocenters. The number of fused-ring (bicyclic) bond motifs is 1. The van der Waals surface area contributed by atoms with Crippen LogP contribution in [0.15, 0.2) is 42.6 Å². The molecule has 0 fully saturated rings. The number of aromatic amines is 1. The number of H-pyrrole nitrogens is 1. The Kier molecular flexibility index (Phi) is 6.12. The van der Waals surface area contributed by atoms with E-state index < -0.39 is 6.43 Å². The number of ether oxygens (including phenoxy) is 2. The van der Waals surface area contributed by atoms with E-state index in [0.717, 1.165) is 22.3 Å². The minimum Gasteiger partial charge on any atom is -0.496 e. The molecule has 168 valence electrons. The fourth-order valence-electron chi connectivity index (χ4n) is 3.92. The van der Waals surface area contributed by atoms with Crippen LogP contribution < -0.4 is 14.8 Å². The number of hydrogen-bond donors (Lipinski definition) is 2. The molecule has 1 aromatic heterocycles. The van der Waals surface area contributed by atoms with Gasteiger partial charge in [0.2, 0.25) is 5.91 Å². The van der Waals surface area contributed by atoms with E-state index in [2.05, 4.69) is 15.5 Å². The summed E-state index contributed by atoms with van der Waals surface area (Å²) >= 11 is 0. The van der Waals surface area contributed by atoms with Gasteiger partial charge in [0.15, 0.2) is 0 Å².